The average Bonchev–Trinajstić information content (AvgIpc) is 2.18. The van der Waals surface area contributed by atoms with E-state index in [1.54, 1.807) is 6.92 Å². The Morgan fingerprint density at radius 3 is 2.79 bits per heavy atom. The normalized spacial score (nSPS) is 21.8. The first-order valence-corrected chi connectivity index (χ1v) is 4.89. The summed E-state index contributed by atoms with van der Waals surface area (Å²) in [6, 6.07) is -0.484. The van der Waals surface area contributed by atoms with Gasteiger partial charge in [0.2, 0.25) is 5.91 Å². The van der Waals surface area contributed by atoms with Crippen molar-refractivity contribution in [2.75, 3.05) is 13.2 Å². The summed E-state index contributed by atoms with van der Waals surface area (Å²) in [5.74, 6) is -0.447. The summed E-state index contributed by atoms with van der Waals surface area (Å²) >= 11 is 0. The van der Waals surface area contributed by atoms with Crippen molar-refractivity contribution in [3.63, 3.8) is 0 Å². The number of nitrogens with two attached hydrogens (primary N) is 1. The number of primary amides is 1. The molecule has 5 nitrogen and oxygen atoms in total. The van der Waals surface area contributed by atoms with Gasteiger partial charge in [-0.3, -0.25) is 9.69 Å². The third-order valence-corrected chi connectivity index (χ3v) is 2.33. The molecule has 1 atom stereocenters. The molecule has 1 rings (SSSR count). The fourth-order valence-corrected chi connectivity index (χ4v) is 1.65. The third-order valence-electron chi connectivity index (χ3n) is 2.33. The van der Waals surface area contributed by atoms with Crippen LogP contribution in [0.3, 0.4) is 0 Å². The van der Waals surface area contributed by atoms with Crippen LogP contribution < -0.4 is 5.73 Å². The van der Waals surface area contributed by atoms with Crippen LogP contribution in [-0.4, -0.2) is 36.1 Å². The second kappa shape index (κ2) is 4.83. The maximum atomic E-state index is 11.4. The number of carbonyl (C=O) groups is 2. The Bertz CT molecular complexity index is 230. The van der Waals surface area contributed by atoms with Gasteiger partial charge in [-0.05, 0) is 26.2 Å². The van der Waals surface area contributed by atoms with E-state index in [4.69, 9.17) is 10.5 Å². The zero-order chi connectivity index (χ0) is 10.6. The van der Waals surface area contributed by atoms with Gasteiger partial charge < -0.3 is 10.5 Å². The highest BCUT2D eigenvalue weighted by atomic mass is 16.6. The van der Waals surface area contributed by atoms with Gasteiger partial charge in [-0.25, -0.2) is 4.79 Å². The fraction of sp³-hybridized carbons (Fsp3) is 0.778. The number of piperidine rings is 1. The summed E-state index contributed by atoms with van der Waals surface area (Å²) < 4.78 is 4.84. The Labute approximate surface area is 83.2 Å². The number of hydrogen-bond acceptors (Lipinski definition) is 3. The monoisotopic (exact) mass is 200 g/mol. The molecule has 80 valence electrons. The second-order valence-corrected chi connectivity index (χ2v) is 3.31. The van der Waals surface area contributed by atoms with E-state index in [1.165, 1.54) is 4.90 Å². The van der Waals surface area contributed by atoms with Crippen molar-refractivity contribution in [2.45, 2.75) is 32.2 Å². The van der Waals surface area contributed by atoms with Crippen LogP contribution in [0.1, 0.15) is 26.2 Å². The first-order chi connectivity index (χ1) is 6.66. The van der Waals surface area contributed by atoms with E-state index < -0.39 is 18.0 Å². The Morgan fingerprint density at radius 1 is 1.50 bits per heavy atom. The van der Waals surface area contributed by atoms with E-state index in [0.717, 1.165) is 12.8 Å². The molecule has 0 bridgehead atoms. The lowest BCUT2D eigenvalue weighted by molar-refractivity contribution is -0.123. The molecule has 1 fully saturated rings. The number of ether oxygens (including phenoxy) is 1. The van der Waals surface area contributed by atoms with Crippen LogP contribution >= 0.6 is 0 Å². The van der Waals surface area contributed by atoms with Crippen molar-refractivity contribution >= 4 is 12.0 Å². The highest BCUT2D eigenvalue weighted by Crippen LogP contribution is 2.17. The quantitative estimate of drug-likeness (QED) is 0.704. The molecule has 0 aromatic heterocycles. The topological polar surface area (TPSA) is 72.6 Å². The van der Waals surface area contributed by atoms with E-state index in [0.29, 0.717) is 19.6 Å². The SMILES string of the molecule is CCOC(=O)N1CCCCC1C(N)=O. The minimum absolute atomic E-state index is 0.320. The zero-order valence-corrected chi connectivity index (χ0v) is 8.36. The lowest BCUT2D eigenvalue weighted by Crippen LogP contribution is -2.50. The van der Waals surface area contributed by atoms with E-state index in [1.807, 2.05) is 0 Å². The summed E-state index contributed by atoms with van der Waals surface area (Å²) in [4.78, 5) is 23.9. The van der Waals surface area contributed by atoms with Crippen molar-refractivity contribution in [3.8, 4) is 0 Å². The van der Waals surface area contributed by atoms with E-state index in [-0.39, 0.29) is 0 Å². The summed E-state index contributed by atoms with van der Waals surface area (Å²) in [7, 11) is 0. The molecule has 1 aliphatic rings. The van der Waals surface area contributed by atoms with Gasteiger partial charge in [-0.2, -0.15) is 0 Å². The minimum atomic E-state index is -0.484. The van der Waals surface area contributed by atoms with Crippen LogP contribution in [0.15, 0.2) is 0 Å². The number of carbonyl (C=O) groups excluding carboxylic acids is 2. The predicted molar refractivity (Wildman–Crippen MR) is 50.6 cm³/mol. The van der Waals surface area contributed by atoms with Gasteiger partial charge in [0, 0.05) is 6.54 Å². The molecule has 0 aliphatic carbocycles. The summed E-state index contributed by atoms with van der Waals surface area (Å²) in [5, 5.41) is 0. The van der Waals surface area contributed by atoms with E-state index in [9.17, 15) is 9.59 Å². The number of hydrogen-bond donors (Lipinski definition) is 1. The van der Waals surface area contributed by atoms with Crippen molar-refractivity contribution < 1.29 is 14.3 Å². The molecular formula is C9H16N2O3. The van der Waals surface area contributed by atoms with Crippen LogP contribution in [0, 0.1) is 0 Å². The highest BCUT2D eigenvalue weighted by Gasteiger charge is 2.31. The number of likely N-dealkylation sites (tertiary alicyclic amines) is 1. The lowest BCUT2D eigenvalue weighted by atomic mass is 10.0. The van der Waals surface area contributed by atoms with Crippen LogP contribution in [-0.2, 0) is 9.53 Å². The van der Waals surface area contributed by atoms with Gasteiger partial charge in [0.05, 0.1) is 6.61 Å². The molecular weight excluding hydrogens is 184 g/mol. The largest absolute Gasteiger partial charge is 0.450 e. The summed E-state index contributed by atoms with van der Waals surface area (Å²) in [5.41, 5.74) is 5.20. The molecule has 0 aromatic carbocycles. The first kappa shape index (κ1) is 10.8. The fourth-order valence-electron chi connectivity index (χ4n) is 1.65. The van der Waals surface area contributed by atoms with Gasteiger partial charge in [-0.1, -0.05) is 0 Å². The van der Waals surface area contributed by atoms with Crippen LogP contribution in [0.4, 0.5) is 4.79 Å². The van der Waals surface area contributed by atoms with Crippen molar-refractivity contribution in [2.24, 2.45) is 5.73 Å². The Balaban J connectivity index is 2.62. The molecule has 1 heterocycles. The molecule has 1 saturated heterocycles. The maximum Gasteiger partial charge on any atom is 0.410 e. The number of nitrogens with zero attached hydrogens (tertiary/aromatic N) is 1. The van der Waals surface area contributed by atoms with Crippen molar-refractivity contribution in [1.29, 1.82) is 0 Å². The summed E-state index contributed by atoms with van der Waals surface area (Å²) in [6.07, 6.45) is 2.05. The second-order valence-electron chi connectivity index (χ2n) is 3.31. The zero-order valence-electron chi connectivity index (χ0n) is 8.36. The van der Waals surface area contributed by atoms with Crippen molar-refractivity contribution in [3.05, 3.63) is 0 Å². The van der Waals surface area contributed by atoms with Gasteiger partial charge >= 0.3 is 6.09 Å². The molecule has 5 heteroatoms. The number of amides is 2. The lowest BCUT2D eigenvalue weighted by Gasteiger charge is -2.32. The third kappa shape index (κ3) is 2.37. The average molecular weight is 200 g/mol. The molecule has 14 heavy (non-hydrogen) atoms. The molecule has 0 radical (unpaired) electrons. The minimum Gasteiger partial charge on any atom is -0.450 e. The Kier molecular flexibility index (Phi) is 3.73. The number of rotatable bonds is 2. The first-order valence-electron chi connectivity index (χ1n) is 4.89. The van der Waals surface area contributed by atoms with Gasteiger partial charge in [-0.15, -0.1) is 0 Å². The molecule has 1 aliphatic heterocycles. The Hall–Kier alpha value is -1.26. The van der Waals surface area contributed by atoms with Crippen LogP contribution in [0.5, 0.6) is 0 Å². The molecule has 2 amide bonds. The van der Waals surface area contributed by atoms with Crippen LogP contribution in [0.25, 0.3) is 0 Å². The van der Waals surface area contributed by atoms with Crippen molar-refractivity contribution in [1.82, 2.24) is 4.90 Å². The Morgan fingerprint density at radius 2 is 2.21 bits per heavy atom. The standard InChI is InChI=1S/C9H16N2O3/c1-2-14-9(13)11-6-4-3-5-7(11)8(10)12/h7H,2-6H2,1H3,(H2,10,12). The molecule has 2 N–H and O–H groups in total. The molecule has 0 spiro atoms. The van der Waals surface area contributed by atoms with Gasteiger partial charge in [0.15, 0.2) is 0 Å². The molecule has 1 unspecified atom stereocenters. The molecule has 0 aromatic rings. The smallest absolute Gasteiger partial charge is 0.410 e. The van der Waals surface area contributed by atoms with Gasteiger partial charge in [0.25, 0.3) is 0 Å². The van der Waals surface area contributed by atoms with E-state index >= 15 is 0 Å². The van der Waals surface area contributed by atoms with E-state index in [2.05, 4.69) is 0 Å². The highest BCUT2D eigenvalue weighted by molar-refractivity contribution is 5.84. The predicted octanol–water partition coefficient (Wildman–Crippen LogP) is 0.483. The summed E-state index contributed by atoms with van der Waals surface area (Å²) in [6.45, 7) is 2.62. The maximum absolute atomic E-state index is 11.4. The van der Waals surface area contributed by atoms with Crippen LogP contribution in [0.2, 0.25) is 0 Å². The molecule has 0 saturated carbocycles. The van der Waals surface area contributed by atoms with Gasteiger partial charge in [0.1, 0.15) is 6.04 Å².